The van der Waals surface area contributed by atoms with E-state index in [9.17, 15) is 4.79 Å². The summed E-state index contributed by atoms with van der Waals surface area (Å²) in [6, 6.07) is 0. The van der Waals surface area contributed by atoms with Crippen molar-refractivity contribution in [3.8, 4) is 0 Å². The Balaban J connectivity index is 1.18. The molecular weight excluding hydrogens is 532 g/mol. The van der Waals surface area contributed by atoms with E-state index >= 15 is 0 Å². The van der Waals surface area contributed by atoms with Crippen LogP contribution >= 0.6 is 11.3 Å². The van der Waals surface area contributed by atoms with E-state index in [2.05, 4.69) is 59.9 Å². The number of aryl methyl sites for hydroxylation is 1. The summed E-state index contributed by atoms with van der Waals surface area (Å²) >= 11 is 1.94. The molecule has 1 saturated heterocycles. The highest BCUT2D eigenvalue weighted by Crippen LogP contribution is 2.78. The van der Waals surface area contributed by atoms with Gasteiger partial charge in [0.05, 0.1) is 12.7 Å². The van der Waals surface area contributed by atoms with Gasteiger partial charge in [-0.15, -0.1) is 11.3 Å². The second kappa shape index (κ2) is 8.86. The van der Waals surface area contributed by atoms with Crippen molar-refractivity contribution in [2.45, 2.75) is 138 Å². The lowest BCUT2D eigenvalue weighted by Crippen LogP contribution is -2.67. The molecule has 0 amide bonds. The molecule has 0 radical (unpaired) electrons. The molecule has 2 heterocycles. The number of allylic oxidation sites excluding steroid dienone is 1. The third-order valence-electron chi connectivity index (χ3n) is 16.1. The van der Waals surface area contributed by atoms with Gasteiger partial charge in [-0.05, 0) is 162 Å². The monoisotopic (exact) mass is 588 g/mol. The number of carbonyl (C=O) groups is 1. The van der Waals surface area contributed by atoms with Crippen molar-refractivity contribution in [1.29, 1.82) is 0 Å². The van der Waals surface area contributed by atoms with Gasteiger partial charge >= 0.3 is 0 Å². The molecule has 2 bridgehead atoms. The molecule has 1 aromatic rings. The van der Waals surface area contributed by atoms with Gasteiger partial charge < -0.3 is 4.74 Å². The highest BCUT2D eigenvalue weighted by Gasteiger charge is 2.73. The number of hydrogen-bond acceptors (Lipinski definition) is 3. The van der Waals surface area contributed by atoms with Crippen molar-refractivity contribution < 1.29 is 9.53 Å². The molecule has 5 saturated carbocycles. The van der Waals surface area contributed by atoms with Crippen LogP contribution in [0, 0.1) is 56.2 Å². The summed E-state index contributed by atoms with van der Waals surface area (Å²) in [5, 5.41) is 2.37. The van der Waals surface area contributed by atoms with Crippen LogP contribution in [0.4, 0.5) is 0 Å². The molecule has 6 aliphatic carbocycles. The van der Waals surface area contributed by atoms with Crippen molar-refractivity contribution >= 4 is 23.2 Å². The minimum absolute atomic E-state index is 0.177. The van der Waals surface area contributed by atoms with Crippen LogP contribution in [-0.4, -0.2) is 18.5 Å². The lowest BCUT2D eigenvalue weighted by Gasteiger charge is -2.73. The lowest BCUT2D eigenvalue weighted by molar-refractivity contribution is -0.236. The van der Waals surface area contributed by atoms with Crippen LogP contribution in [0.25, 0.3) is 6.08 Å². The van der Waals surface area contributed by atoms with E-state index in [1.807, 2.05) is 11.3 Å². The summed E-state index contributed by atoms with van der Waals surface area (Å²) in [7, 11) is 0. The molecule has 7 aliphatic rings. The van der Waals surface area contributed by atoms with Gasteiger partial charge in [0.2, 0.25) is 0 Å². The normalized spacial score (nSPS) is 49.5. The van der Waals surface area contributed by atoms with Crippen LogP contribution in [0.5, 0.6) is 0 Å². The molecule has 0 N–H and O–H groups in total. The summed E-state index contributed by atoms with van der Waals surface area (Å²) in [4.78, 5) is 15.9. The van der Waals surface area contributed by atoms with Crippen LogP contribution in [-0.2, 0) is 22.4 Å². The molecule has 42 heavy (non-hydrogen) atoms. The Morgan fingerprint density at radius 2 is 1.62 bits per heavy atom. The Morgan fingerprint density at radius 1 is 0.857 bits per heavy atom. The first kappa shape index (κ1) is 28.5. The number of ether oxygens (including phenoxy) is 1. The maximum atomic E-state index is 14.3. The lowest BCUT2D eigenvalue weighted by atomic mass is 9.31. The van der Waals surface area contributed by atoms with Crippen molar-refractivity contribution in [2.24, 2.45) is 56.2 Å². The smallest absolute Gasteiger partial charge is 0.164 e. The number of fused-ring (bicyclic) bond motifs is 6. The van der Waals surface area contributed by atoms with E-state index in [1.165, 1.54) is 82.6 Å². The number of hydrogen-bond donors (Lipinski definition) is 0. The van der Waals surface area contributed by atoms with Crippen molar-refractivity contribution in [1.82, 2.24) is 0 Å². The fourth-order valence-corrected chi connectivity index (χ4v) is 14.9. The average molecular weight is 589 g/mol. The van der Waals surface area contributed by atoms with E-state index in [0.717, 1.165) is 30.4 Å². The third-order valence-corrected chi connectivity index (χ3v) is 17.2. The fraction of sp³-hybridized carbons (Fsp3) is 0.821. The Morgan fingerprint density at radius 3 is 2.43 bits per heavy atom. The van der Waals surface area contributed by atoms with Crippen LogP contribution < -0.4 is 0 Å². The Kier molecular flexibility index (Phi) is 6.02. The molecule has 8 rings (SSSR count). The van der Waals surface area contributed by atoms with Crippen LogP contribution in [0.2, 0.25) is 0 Å². The summed E-state index contributed by atoms with van der Waals surface area (Å²) in [5.41, 5.74) is 5.40. The van der Waals surface area contributed by atoms with Gasteiger partial charge in [0.25, 0.3) is 0 Å². The largest absolute Gasteiger partial charge is 0.377 e. The molecule has 3 heteroatoms. The first-order valence-corrected chi connectivity index (χ1v) is 18.6. The molecule has 2 nitrogen and oxygen atoms in total. The van der Waals surface area contributed by atoms with E-state index in [4.69, 9.17) is 4.74 Å². The molecule has 4 unspecified atom stereocenters. The second-order valence-electron chi connectivity index (χ2n) is 18.5. The summed E-state index contributed by atoms with van der Waals surface area (Å²) < 4.78 is 6.80. The number of Topliss-reactive ketones (excluding diaryl/α,β-unsaturated/α-hetero) is 1. The minimum atomic E-state index is -0.287. The van der Waals surface area contributed by atoms with E-state index in [0.29, 0.717) is 45.4 Å². The maximum absolute atomic E-state index is 14.3. The zero-order valence-corrected chi connectivity index (χ0v) is 28.5. The van der Waals surface area contributed by atoms with E-state index in [-0.39, 0.29) is 10.8 Å². The zero-order chi connectivity index (χ0) is 29.5. The van der Waals surface area contributed by atoms with E-state index < -0.39 is 0 Å². The number of thiophene rings is 1. The summed E-state index contributed by atoms with van der Waals surface area (Å²) in [5.74, 6) is 3.13. The quantitative estimate of drug-likeness (QED) is 0.305. The van der Waals surface area contributed by atoms with Gasteiger partial charge in [-0.3, -0.25) is 4.79 Å². The first-order valence-electron chi connectivity index (χ1n) is 17.7. The molecule has 1 aliphatic heterocycles. The van der Waals surface area contributed by atoms with Crippen LogP contribution in [0.15, 0.2) is 11.0 Å². The van der Waals surface area contributed by atoms with E-state index in [1.54, 1.807) is 10.4 Å². The van der Waals surface area contributed by atoms with Gasteiger partial charge in [0, 0.05) is 10.3 Å². The van der Waals surface area contributed by atoms with Crippen LogP contribution in [0.3, 0.4) is 0 Å². The zero-order valence-electron chi connectivity index (χ0n) is 27.7. The van der Waals surface area contributed by atoms with Gasteiger partial charge in [-0.2, -0.15) is 0 Å². The minimum Gasteiger partial charge on any atom is -0.377 e. The molecular formula is C39H56O2S. The predicted octanol–water partition coefficient (Wildman–Crippen LogP) is 10.1. The maximum Gasteiger partial charge on any atom is 0.164 e. The topological polar surface area (TPSA) is 26.3 Å². The SMILES string of the molecule is CC1(C)C(=O)/C(=C/c2csc3c2CCCC3)C[C@@]2(C)C1CC[C@]1(C)C2CCC2C3[C@@H]4OC[C@@]3(CCC4(C)C)CC[C@]21C. The van der Waals surface area contributed by atoms with Gasteiger partial charge in [0.15, 0.2) is 5.78 Å². The molecule has 230 valence electrons. The Hall–Kier alpha value is -0.930. The van der Waals surface area contributed by atoms with Crippen LogP contribution in [0.1, 0.15) is 135 Å². The molecule has 9 atom stereocenters. The molecule has 6 fully saturated rings. The highest BCUT2D eigenvalue weighted by molar-refractivity contribution is 7.10. The number of ketones is 1. The predicted molar refractivity (Wildman–Crippen MR) is 174 cm³/mol. The number of rotatable bonds is 1. The van der Waals surface area contributed by atoms with Crippen molar-refractivity contribution in [3.63, 3.8) is 0 Å². The highest BCUT2D eigenvalue weighted by atomic mass is 32.1. The van der Waals surface area contributed by atoms with Crippen molar-refractivity contribution in [3.05, 3.63) is 27.0 Å². The molecule has 1 aromatic heterocycles. The molecule has 0 spiro atoms. The Bertz CT molecular complexity index is 1350. The van der Waals surface area contributed by atoms with Gasteiger partial charge in [-0.25, -0.2) is 0 Å². The first-order chi connectivity index (χ1) is 19.8. The Labute approximate surface area is 259 Å². The van der Waals surface area contributed by atoms with Gasteiger partial charge in [-0.1, -0.05) is 48.5 Å². The standard InChI is InChI=1S/C39H56O2S/c1-34(2)16-18-39-19-17-37(6)27(31(39)33(34)41-23-39)12-13-30-36(5)21-24(20-25-22-42-28-11-9-8-10-26(25)28)32(40)35(3,4)29(36)14-15-38(30,37)7/h20,22,27,29-31,33H,8-19,21,23H2,1-7H3/b24-20+/t27?,29?,30?,31?,33-,36-,37+,38+,39+/m0/s1. The summed E-state index contributed by atoms with van der Waals surface area (Å²) in [6.07, 6.45) is 19.5. The van der Waals surface area contributed by atoms with Crippen molar-refractivity contribution in [2.75, 3.05) is 6.61 Å². The van der Waals surface area contributed by atoms with Gasteiger partial charge in [0.1, 0.15) is 0 Å². The molecule has 0 aromatic carbocycles. The third kappa shape index (κ3) is 3.45. The fourth-order valence-electron chi connectivity index (χ4n) is 13.8. The summed E-state index contributed by atoms with van der Waals surface area (Å²) in [6.45, 7) is 18.8. The second-order valence-corrected chi connectivity index (χ2v) is 19.4. The number of carbonyl (C=O) groups excluding carboxylic acids is 1. The average Bonchev–Trinajstić information content (AvgIpc) is 3.50.